The molecule has 0 saturated carbocycles. The average Bonchev–Trinajstić information content (AvgIpc) is 3.08. The smallest absolute Gasteiger partial charge is 0.302 e. The van der Waals surface area contributed by atoms with Crippen molar-refractivity contribution in [1.29, 1.82) is 0 Å². The zero-order chi connectivity index (χ0) is 17.4. The fourth-order valence-electron chi connectivity index (χ4n) is 2.54. The highest BCUT2D eigenvalue weighted by molar-refractivity contribution is 7.19. The van der Waals surface area contributed by atoms with Gasteiger partial charge in [0, 0.05) is 5.56 Å². The first-order valence-corrected chi connectivity index (χ1v) is 8.46. The number of rotatable bonds is 3. The second-order valence-corrected chi connectivity index (χ2v) is 6.48. The van der Waals surface area contributed by atoms with Gasteiger partial charge >= 0.3 is 5.56 Å². The maximum absolute atomic E-state index is 12.8. The third-order valence-electron chi connectivity index (χ3n) is 3.85. The highest BCUT2D eigenvalue weighted by Crippen LogP contribution is 2.32. The maximum Gasteiger partial charge on any atom is 0.302 e. The van der Waals surface area contributed by atoms with E-state index in [-0.39, 0.29) is 11.3 Å². The number of nitrogens with zero attached hydrogens (tertiary/aromatic N) is 4. The minimum Gasteiger partial charge on any atom is -0.496 e. The van der Waals surface area contributed by atoms with Crippen LogP contribution in [0.3, 0.4) is 0 Å². The first-order chi connectivity index (χ1) is 12.2. The SMILES string of the molecule is COc1ccccc1-c1nn2c(=O)c(-c3ccc(C)cc3)nnc2s1. The Labute approximate surface area is 147 Å². The number of para-hydroxylation sites is 1. The molecule has 2 aromatic carbocycles. The van der Waals surface area contributed by atoms with Crippen molar-refractivity contribution in [3.63, 3.8) is 0 Å². The van der Waals surface area contributed by atoms with E-state index in [1.54, 1.807) is 7.11 Å². The van der Waals surface area contributed by atoms with Gasteiger partial charge in [-0.2, -0.15) is 9.61 Å². The first kappa shape index (κ1) is 15.5. The Morgan fingerprint density at radius 1 is 1.04 bits per heavy atom. The molecule has 0 saturated heterocycles. The highest BCUT2D eigenvalue weighted by Gasteiger charge is 2.16. The summed E-state index contributed by atoms with van der Waals surface area (Å²) in [6.45, 7) is 1.99. The van der Waals surface area contributed by atoms with Gasteiger partial charge in [-0.1, -0.05) is 53.3 Å². The van der Waals surface area contributed by atoms with Gasteiger partial charge in [-0.05, 0) is 19.1 Å². The van der Waals surface area contributed by atoms with Crippen LogP contribution in [0.2, 0.25) is 0 Å². The summed E-state index contributed by atoms with van der Waals surface area (Å²) >= 11 is 1.30. The van der Waals surface area contributed by atoms with Gasteiger partial charge in [-0.15, -0.1) is 10.2 Å². The van der Waals surface area contributed by atoms with E-state index in [4.69, 9.17) is 4.74 Å². The quantitative estimate of drug-likeness (QED) is 0.567. The summed E-state index contributed by atoms with van der Waals surface area (Å²) in [4.78, 5) is 13.2. The maximum atomic E-state index is 12.8. The Bertz CT molecular complexity index is 1120. The molecule has 2 heterocycles. The standard InChI is InChI=1S/C18H14N4O2S/c1-11-7-9-12(10-8-11)15-17(23)22-18(20-19-15)25-16(21-22)13-5-3-4-6-14(13)24-2/h3-10H,1-2H3. The number of hydrogen-bond donors (Lipinski definition) is 0. The second kappa shape index (κ2) is 6.10. The zero-order valence-electron chi connectivity index (χ0n) is 13.6. The summed E-state index contributed by atoms with van der Waals surface area (Å²) in [5, 5.41) is 13.4. The van der Waals surface area contributed by atoms with E-state index < -0.39 is 0 Å². The molecule has 0 fully saturated rings. The topological polar surface area (TPSA) is 69.4 Å². The molecule has 0 amide bonds. The van der Waals surface area contributed by atoms with Gasteiger partial charge in [0.1, 0.15) is 5.75 Å². The van der Waals surface area contributed by atoms with Gasteiger partial charge in [0.15, 0.2) is 10.7 Å². The summed E-state index contributed by atoms with van der Waals surface area (Å²) < 4.78 is 6.67. The van der Waals surface area contributed by atoms with E-state index in [1.807, 2.05) is 55.5 Å². The molecule has 4 rings (SSSR count). The van der Waals surface area contributed by atoms with Gasteiger partial charge in [0.2, 0.25) is 4.96 Å². The number of aryl methyl sites for hydroxylation is 1. The lowest BCUT2D eigenvalue weighted by atomic mass is 10.1. The van der Waals surface area contributed by atoms with Gasteiger partial charge in [0.05, 0.1) is 12.7 Å². The van der Waals surface area contributed by atoms with E-state index in [2.05, 4.69) is 15.3 Å². The predicted octanol–water partition coefficient (Wildman–Crippen LogP) is 3.20. The van der Waals surface area contributed by atoms with Crippen LogP contribution >= 0.6 is 11.3 Å². The van der Waals surface area contributed by atoms with E-state index in [0.29, 0.717) is 15.7 Å². The molecule has 0 unspecified atom stereocenters. The lowest BCUT2D eigenvalue weighted by molar-refractivity contribution is 0.416. The zero-order valence-corrected chi connectivity index (χ0v) is 14.4. The van der Waals surface area contributed by atoms with Crippen LogP contribution in [0.25, 0.3) is 26.8 Å². The molecule has 0 spiro atoms. The molecule has 7 heteroatoms. The van der Waals surface area contributed by atoms with E-state index in [9.17, 15) is 4.79 Å². The molecule has 124 valence electrons. The molecular weight excluding hydrogens is 336 g/mol. The molecule has 25 heavy (non-hydrogen) atoms. The average molecular weight is 350 g/mol. The molecule has 0 aliphatic heterocycles. The Hall–Kier alpha value is -3.06. The summed E-state index contributed by atoms with van der Waals surface area (Å²) in [6, 6.07) is 15.1. The summed E-state index contributed by atoms with van der Waals surface area (Å²) in [5.41, 5.74) is 2.66. The van der Waals surface area contributed by atoms with Gasteiger partial charge in [0.25, 0.3) is 0 Å². The van der Waals surface area contributed by atoms with Crippen molar-refractivity contribution in [2.45, 2.75) is 6.92 Å². The lowest BCUT2D eigenvalue weighted by Crippen LogP contribution is -2.19. The molecule has 0 N–H and O–H groups in total. The minimum absolute atomic E-state index is 0.286. The van der Waals surface area contributed by atoms with Crippen molar-refractivity contribution in [2.24, 2.45) is 0 Å². The Kier molecular flexibility index (Phi) is 3.77. The van der Waals surface area contributed by atoms with Crippen molar-refractivity contribution in [3.05, 3.63) is 64.4 Å². The number of aromatic nitrogens is 4. The molecule has 0 aliphatic carbocycles. The third kappa shape index (κ3) is 2.68. The van der Waals surface area contributed by atoms with Gasteiger partial charge < -0.3 is 4.74 Å². The Morgan fingerprint density at radius 2 is 1.80 bits per heavy atom. The van der Waals surface area contributed by atoms with Crippen molar-refractivity contribution < 1.29 is 4.74 Å². The third-order valence-corrected chi connectivity index (χ3v) is 4.78. The van der Waals surface area contributed by atoms with Crippen LogP contribution in [-0.2, 0) is 0 Å². The number of ether oxygens (including phenoxy) is 1. The van der Waals surface area contributed by atoms with Crippen LogP contribution in [0.5, 0.6) is 5.75 Å². The van der Waals surface area contributed by atoms with Crippen molar-refractivity contribution in [2.75, 3.05) is 7.11 Å². The molecule has 0 atom stereocenters. The van der Waals surface area contributed by atoms with Gasteiger partial charge in [-0.25, -0.2) is 0 Å². The summed E-state index contributed by atoms with van der Waals surface area (Å²) in [5.74, 6) is 0.696. The first-order valence-electron chi connectivity index (χ1n) is 7.64. The normalized spacial score (nSPS) is 11.0. The van der Waals surface area contributed by atoms with Crippen LogP contribution in [0.15, 0.2) is 53.3 Å². The lowest BCUT2D eigenvalue weighted by Gasteiger charge is -2.03. The number of fused-ring (bicyclic) bond motifs is 1. The summed E-state index contributed by atoms with van der Waals surface area (Å²) in [6.07, 6.45) is 0. The van der Waals surface area contributed by atoms with Crippen LogP contribution < -0.4 is 10.3 Å². The van der Waals surface area contributed by atoms with Crippen LogP contribution in [0, 0.1) is 6.92 Å². The van der Waals surface area contributed by atoms with Crippen molar-refractivity contribution in [1.82, 2.24) is 19.8 Å². The number of hydrogen-bond acceptors (Lipinski definition) is 6. The summed E-state index contributed by atoms with van der Waals surface area (Å²) in [7, 11) is 1.60. The largest absolute Gasteiger partial charge is 0.496 e. The predicted molar refractivity (Wildman–Crippen MR) is 97.1 cm³/mol. The second-order valence-electron chi connectivity index (χ2n) is 5.52. The monoisotopic (exact) mass is 350 g/mol. The molecule has 2 aromatic heterocycles. The molecule has 6 nitrogen and oxygen atoms in total. The molecule has 0 aliphatic rings. The van der Waals surface area contributed by atoms with Crippen molar-refractivity contribution in [3.8, 4) is 27.6 Å². The fraction of sp³-hybridized carbons (Fsp3) is 0.111. The number of benzene rings is 2. The molecule has 0 bridgehead atoms. The van der Waals surface area contributed by atoms with Crippen LogP contribution in [0.4, 0.5) is 0 Å². The van der Waals surface area contributed by atoms with Gasteiger partial charge in [-0.3, -0.25) is 4.79 Å². The van der Waals surface area contributed by atoms with Crippen LogP contribution in [-0.4, -0.2) is 26.9 Å². The molecular formula is C18H14N4O2S. The van der Waals surface area contributed by atoms with E-state index in [0.717, 1.165) is 16.7 Å². The molecule has 4 aromatic rings. The molecule has 0 radical (unpaired) electrons. The Morgan fingerprint density at radius 3 is 2.56 bits per heavy atom. The van der Waals surface area contributed by atoms with Crippen molar-refractivity contribution >= 4 is 16.3 Å². The highest BCUT2D eigenvalue weighted by atomic mass is 32.1. The number of methoxy groups -OCH3 is 1. The van der Waals surface area contributed by atoms with Crippen LogP contribution in [0.1, 0.15) is 5.56 Å². The minimum atomic E-state index is -0.286. The Balaban J connectivity index is 1.88. The fourth-order valence-corrected chi connectivity index (χ4v) is 3.40. The van der Waals surface area contributed by atoms with E-state index in [1.165, 1.54) is 15.9 Å². The van der Waals surface area contributed by atoms with E-state index >= 15 is 0 Å².